The molecule has 1 aromatic rings. The first-order chi connectivity index (χ1) is 9.68. The number of methoxy groups -OCH3 is 1. The van der Waals surface area contributed by atoms with Gasteiger partial charge in [0.15, 0.2) is 0 Å². The molecule has 1 aromatic heterocycles. The van der Waals surface area contributed by atoms with Crippen molar-refractivity contribution in [2.24, 2.45) is 0 Å². The number of aromatic nitrogens is 2. The number of fused-ring (bicyclic) bond motifs is 2. The Hall–Kier alpha value is -1.14. The average molecular weight is 294 g/mol. The fourth-order valence-electron chi connectivity index (χ4n) is 3.33. The van der Waals surface area contributed by atoms with E-state index in [9.17, 15) is 4.79 Å². The van der Waals surface area contributed by atoms with E-state index in [2.05, 4.69) is 9.97 Å². The van der Waals surface area contributed by atoms with Crippen LogP contribution in [-0.4, -0.2) is 41.5 Å². The van der Waals surface area contributed by atoms with Crippen LogP contribution in [0.3, 0.4) is 0 Å². The molecule has 0 aliphatic carbocycles. The summed E-state index contributed by atoms with van der Waals surface area (Å²) in [5.41, 5.74) is 0.0931. The van der Waals surface area contributed by atoms with Crippen LogP contribution in [0.4, 0.5) is 0 Å². The van der Waals surface area contributed by atoms with Gasteiger partial charge in [-0.2, -0.15) is 0 Å². The number of rotatable bonds is 3. The van der Waals surface area contributed by atoms with Gasteiger partial charge in [0.1, 0.15) is 11.7 Å². The lowest BCUT2D eigenvalue weighted by molar-refractivity contribution is -0.155. The maximum absolute atomic E-state index is 12.5. The van der Waals surface area contributed by atoms with Gasteiger partial charge in [-0.15, -0.1) is 11.8 Å². The SMILES string of the molecule is COC(=O)C1(c2cc(SC)ncn2)CC2CCC(C1)O2. The van der Waals surface area contributed by atoms with E-state index in [0.29, 0.717) is 12.8 Å². The molecule has 20 heavy (non-hydrogen) atoms. The molecule has 3 rings (SSSR count). The molecule has 0 aromatic carbocycles. The zero-order chi connectivity index (χ0) is 14.2. The Morgan fingerprint density at radius 3 is 2.70 bits per heavy atom. The zero-order valence-electron chi connectivity index (χ0n) is 11.7. The van der Waals surface area contributed by atoms with Crippen molar-refractivity contribution in [3.05, 3.63) is 18.1 Å². The number of hydrogen-bond donors (Lipinski definition) is 0. The molecule has 3 heterocycles. The topological polar surface area (TPSA) is 61.3 Å². The number of thioether (sulfide) groups is 1. The van der Waals surface area contributed by atoms with Crippen LogP contribution in [0, 0.1) is 0 Å². The number of nitrogens with zero attached hydrogens (tertiary/aromatic N) is 2. The summed E-state index contributed by atoms with van der Waals surface area (Å²) < 4.78 is 11.0. The molecule has 2 bridgehead atoms. The fourth-order valence-corrected chi connectivity index (χ4v) is 3.71. The smallest absolute Gasteiger partial charge is 0.318 e. The van der Waals surface area contributed by atoms with Crippen molar-refractivity contribution in [1.82, 2.24) is 9.97 Å². The molecular formula is C14H18N2O3S. The maximum atomic E-state index is 12.5. The first kappa shape index (κ1) is 13.8. The Morgan fingerprint density at radius 1 is 1.40 bits per heavy atom. The largest absolute Gasteiger partial charge is 0.468 e. The minimum Gasteiger partial charge on any atom is -0.468 e. The summed E-state index contributed by atoms with van der Waals surface area (Å²) >= 11 is 1.55. The predicted octanol–water partition coefficient (Wildman–Crippen LogP) is 1.95. The maximum Gasteiger partial charge on any atom is 0.318 e. The van der Waals surface area contributed by atoms with Crippen molar-refractivity contribution in [2.75, 3.05) is 13.4 Å². The van der Waals surface area contributed by atoms with Crippen LogP contribution in [-0.2, 0) is 19.7 Å². The summed E-state index contributed by atoms with van der Waals surface area (Å²) in [5, 5.41) is 0.872. The van der Waals surface area contributed by atoms with Crippen molar-refractivity contribution < 1.29 is 14.3 Å². The minimum atomic E-state index is -0.674. The van der Waals surface area contributed by atoms with Crippen LogP contribution < -0.4 is 0 Å². The monoisotopic (exact) mass is 294 g/mol. The quantitative estimate of drug-likeness (QED) is 0.482. The van der Waals surface area contributed by atoms with Gasteiger partial charge in [-0.05, 0) is 38.0 Å². The van der Waals surface area contributed by atoms with Gasteiger partial charge in [-0.1, -0.05) is 0 Å². The molecule has 0 amide bonds. The summed E-state index contributed by atoms with van der Waals surface area (Å²) in [4.78, 5) is 21.0. The van der Waals surface area contributed by atoms with Crippen molar-refractivity contribution >= 4 is 17.7 Å². The Kier molecular flexibility index (Phi) is 3.69. The first-order valence-electron chi connectivity index (χ1n) is 6.78. The summed E-state index contributed by atoms with van der Waals surface area (Å²) in [6.07, 6.45) is 7.12. The van der Waals surface area contributed by atoms with Gasteiger partial charge in [-0.3, -0.25) is 4.79 Å². The standard InChI is InChI=1S/C14H18N2O3S/c1-18-13(17)14(6-9-3-4-10(7-14)19-9)11-5-12(20-2)16-8-15-11/h5,8-10H,3-4,6-7H2,1-2H3. The second kappa shape index (κ2) is 5.33. The van der Waals surface area contributed by atoms with Gasteiger partial charge in [0.25, 0.3) is 0 Å². The molecule has 108 valence electrons. The number of carbonyl (C=O) groups is 1. The lowest BCUT2D eigenvalue weighted by Crippen LogP contribution is -2.46. The zero-order valence-corrected chi connectivity index (χ0v) is 12.5. The van der Waals surface area contributed by atoms with Crippen molar-refractivity contribution in [1.29, 1.82) is 0 Å². The van der Waals surface area contributed by atoms with Crippen LogP contribution in [0.1, 0.15) is 31.4 Å². The van der Waals surface area contributed by atoms with E-state index in [1.807, 2.05) is 12.3 Å². The number of carbonyl (C=O) groups excluding carboxylic acids is 1. The third-order valence-electron chi connectivity index (χ3n) is 4.27. The molecule has 6 heteroatoms. The molecule has 0 spiro atoms. The van der Waals surface area contributed by atoms with Crippen LogP contribution in [0.2, 0.25) is 0 Å². The van der Waals surface area contributed by atoms with Gasteiger partial charge in [-0.25, -0.2) is 9.97 Å². The Labute approximate surface area is 122 Å². The van der Waals surface area contributed by atoms with Gasteiger partial charge >= 0.3 is 5.97 Å². The van der Waals surface area contributed by atoms with E-state index >= 15 is 0 Å². The number of hydrogen-bond acceptors (Lipinski definition) is 6. The average Bonchev–Trinajstić information content (AvgIpc) is 2.85. The minimum absolute atomic E-state index is 0.139. The van der Waals surface area contributed by atoms with Crippen molar-refractivity contribution in [3.63, 3.8) is 0 Å². The highest BCUT2D eigenvalue weighted by atomic mass is 32.2. The van der Waals surface area contributed by atoms with Crippen molar-refractivity contribution in [3.8, 4) is 0 Å². The third-order valence-corrected chi connectivity index (χ3v) is 4.91. The van der Waals surface area contributed by atoms with Gasteiger partial charge in [0.05, 0.1) is 30.0 Å². The Balaban J connectivity index is 2.03. The van der Waals surface area contributed by atoms with Gasteiger partial charge < -0.3 is 9.47 Å². The Bertz CT molecular complexity index is 511. The second-order valence-electron chi connectivity index (χ2n) is 5.38. The van der Waals surface area contributed by atoms with E-state index in [4.69, 9.17) is 9.47 Å². The molecule has 2 atom stereocenters. The summed E-state index contributed by atoms with van der Waals surface area (Å²) in [5.74, 6) is -0.205. The third kappa shape index (κ3) is 2.20. The fraction of sp³-hybridized carbons (Fsp3) is 0.643. The highest BCUT2D eigenvalue weighted by Crippen LogP contribution is 2.46. The molecule has 2 saturated heterocycles. The van der Waals surface area contributed by atoms with Crippen LogP contribution in [0.15, 0.2) is 17.4 Å². The molecule has 2 aliphatic heterocycles. The van der Waals surface area contributed by atoms with Crippen molar-refractivity contribution in [2.45, 2.75) is 48.3 Å². The molecule has 2 aliphatic rings. The highest BCUT2D eigenvalue weighted by Gasteiger charge is 2.52. The molecule has 0 radical (unpaired) electrons. The number of esters is 1. The molecular weight excluding hydrogens is 276 g/mol. The highest BCUT2D eigenvalue weighted by molar-refractivity contribution is 7.98. The van der Waals surface area contributed by atoms with E-state index < -0.39 is 5.41 Å². The van der Waals surface area contributed by atoms with E-state index in [1.54, 1.807) is 11.8 Å². The normalized spacial score (nSPS) is 32.1. The lowest BCUT2D eigenvalue weighted by Gasteiger charge is -2.37. The van der Waals surface area contributed by atoms with Crippen LogP contribution in [0.25, 0.3) is 0 Å². The molecule has 0 N–H and O–H groups in total. The lowest BCUT2D eigenvalue weighted by atomic mass is 9.74. The van der Waals surface area contributed by atoms with Gasteiger partial charge in [0.2, 0.25) is 0 Å². The summed E-state index contributed by atoms with van der Waals surface area (Å²) in [7, 11) is 1.44. The Morgan fingerprint density at radius 2 is 2.10 bits per heavy atom. The van der Waals surface area contributed by atoms with Crippen LogP contribution in [0.5, 0.6) is 0 Å². The molecule has 0 saturated carbocycles. The predicted molar refractivity (Wildman–Crippen MR) is 74.6 cm³/mol. The first-order valence-corrected chi connectivity index (χ1v) is 8.01. The number of ether oxygens (including phenoxy) is 2. The second-order valence-corrected chi connectivity index (χ2v) is 6.21. The molecule has 5 nitrogen and oxygen atoms in total. The summed E-state index contributed by atoms with van der Waals surface area (Å²) in [6.45, 7) is 0. The van der Waals surface area contributed by atoms with E-state index in [0.717, 1.165) is 23.6 Å². The van der Waals surface area contributed by atoms with Crippen LogP contribution >= 0.6 is 11.8 Å². The molecule has 2 fully saturated rings. The van der Waals surface area contributed by atoms with E-state index in [-0.39, 0.29) is 18.2 Å². The summed E-state index contributed by atoms with van der Waals surface area (Å²) in [6, 6.07) is 1.91. The van der Waals surface area contributed by atoms with Gasteiger partial charge in [0, 0.05) is 0 Å². The van der Waals surface area contributed by atoms with E-state index in [1.165, 1.54) is 13.4 Å². The molecule has 2 unspecified atom stereocenters.